The van der Waals surface area contributed by atoms with Gasteiger partial charge >= 0.3 is 0 Å². The summed E-state index contributed by atoms with van der Waals surface area (Å²) in [5.41, 5.74) is 1.19. The molecule has 0 radical (unpaired) electrons. The van der Waals surface area contributed by atoms with Crippen molar-refractivity contribution in [3.8, 4) is 0 Å². The minimum absolute atomic E-state index is 0.0169. The van der Waals surface area contributed by atoms with Gasteiger partial charge in [-0.25, -0.2) is 0 Å². The van der Waals surface area contributed by atoms with Gasteiger partial charge in [0.2, 0.25) is 0 Å². The Balaban J connectivity index is 3.12. The van der Waals surface area contributed by atoms with Crippen LogP contribution in [-0.2, 0) is 9.59 Å². The molecule has 1 saturated carbocycles. The van der Waals surface area contributed by atoms with Gasteiger partial charge in [-0.05, 0) is 12.0 Å². The summed E-state index contributed by atoms with van der Waals surface area (Å²) >= 11 is 0. The van der Waals surface area contributed by atoms with Crippen LogP contribution in [0.15, 0.2) is 23.8 Å². The van der Waals surface area contributed by atoms with Gasteiger partial charge in [0.25, 0.3) is 0 Å². The normalized spacial score (nSPS) is 16.9. The Bertz CT molecular complexity index is 254. The Hall–Kier alpha value is -1.18. The zero-order valence-corrected chi connectivity index (χ0v) is 7.22. The SMILES string of the molecule is C=CC(CC)=C1C(=O)CCC1=O. The minimum Gasteiger partial charge on any atom is -0.294 e. The van der Waals surface area contributed by atoms with Crippen LogP contribution in [0.1, 0.15) is 26.2 Å². The van der Waals surface area contributed by atoms with E-state index in [-0.39, 0.29) is 11.6 Å². The molecule has 1 aliphatic carbocycles. The highest BCUT2D eigenvalue weighted by Gasteiger charge is 2.27. The molecule has 0 amide bonds. The monoisotopic (exact) mass is 164 g/mol. The van der Waals surface area contributed by atoms with Gasteiger partial charge in [-0.2, -0.15) is 0 Å². The second-order valence-electron chi connectivity index (χ2n) is 2.80. The molecule has 0 aromatic rings. The maximum Gasteiger partial charge on any atom is 0.167 e. The van der Waals surface area contributed by atoms with Crippen molar-refractivity contribution in [1.82, 2.24) is 0 Å². The third kappa shape index (κ3) is 1.37. The van der Waals surface area contributed by atoms with E-state index in [2.05, 4.69) is 6.58 Å². The minimum atomic E-state index is -0.0169. The van der Waals surface area contributed by atoms with E-state index in [0.717, 1.165) is 5.57 Å². The Morgan fingerprint density at radius 3 is 2.25 bits per heavy atom. The van der Waals surface area contributed by atoms with Crippen molar-refractivity contribution >= 4 is 11.6 Å². The Morgan fingerprint density at radius 2 is 1.92 bits per heavy atom. The standard InChI is InChI=1S/C10H12O2/c1-3-7(4-2)10-8(11)5-6-9(10)12/h3H,1,4-6H2,2H3. The molecule has 0 aromatic carbocycles. The lowest BCUT2D eigenvalue weighted by molar-refractivity contribution is -0.116. The first-order valence-electron chi connectivity index (χ1n) is 4.12. The third-order valence-corrected chi connectivity index (χ3v) is 2.09. The van der Waals surface area contributed by atoms with E-state index in [1.807, 2.05) is 6.92 Å². The number of hydrogen-bond acceptors (Lipinski definition) is 2. The first kappa shape index (κ1) is 8.91. The summed E-state index contributed by atoms with van der Waals surface area (Å²) < 4.78 is 0. The van der Waals surface area contributed by atoms with Gasteiger partial charge in [-0.15, -0.1) is 0 Å². The quantitative estimate of drug-likeness (QED) is 0.460. The molecule has 0 saturated heterocycles. The lowest BCUT2D eigenvalue weighted by Gasteiger charge is -1.99. The molecular weight excluding hydrogens is 152 g/mol. The van der Waals surface area contributed by atoms with Crippen molar-refractivity contribution in [1.29, 1.82) is 0 Å². The highest BCUT2D eigenvalue weighted by Crippen LogP contribution is 2.22. The fraction of sp³-hybridized carbons (Fsp3) is 0.400. The third-order valence-electron chi connectivity index (χ3n) is 2.09. The predicted octanol–water partition coefficient (Wildman–Crippen LogP) is 1.81. The maximum atomic E-state index is 11.2. The number of rotatable bonds is 2. The highest BCUT2D eigenvalue weighted by molar-refractivity contribution is 6.26. The smallest absolute Gasteiger partial charge is 0.167 e. The van der Waals surface area contributed by atoms with Crippen molar-refractivity contribution in [3.05, 3.63) is 23.8 Å². The molecule has 1 rings (SSSR count). The van der Waals surface area contributed by atoms with Crippen LogP contribution < -0.4 is 0 Å². The highest BCUT2D eigenvalue weighted by atomic mass is 16.2. The summed E-state index contributed by atoms with van der Waals surface area (Å²) in [5.74, 6) is -0.0338. The number of hydrogen-bond donors (Lipinski definition) is 0. The first-order valence-corrected chi connectivity index (χ1v) is 4.12. The van der Waals surface area contributed by atoms with Gasteiger partial charge in [0.05, 0.1) is 5.57 Å². The van der Waals surface area contributed by atoms with Crippen molar-refractivity contribution in [2.45, 2.75) is 26.2 Å². The average Bonchev–Trinajstić information content (AvgIpc) is 2.38. The van der Waals surface area contributed by atoms with Crippen molar-refractivity contribution in [2.24, 2.45) is 0 Å². The van der Waals surface area contributed by atoms with Crippen molar-refractivity contribution in [2.75, 3.05) is 0 Å². The Morgan fingerprint density at radius 1 is 1.42 bits per heavy atom. The summed E-state index contributed by atoms with van der Waals surface area (Å²) in [4.78, 5) is 22.4. The second-order valence-corrected chi connectivity index (χ2v) is 2.80. The van der Waals surface area contributed by atoms with Crippen LogP contribution in [0.5, 0.6) is 0 Å². The van der Waals surface area contributed by atoms with E-state index in [4.69, 9.17) is 0 Å². The van der Waals surface area contributed by atoms with E-state index >= 15 is 0 Å². The molecule has 0 spiro atoms. The predicted molar refractivity (Wildman–Crippen MR) is 46.8 cm³/mol. The zero-order chi connectivity index (χ0) is 9.14. The second kappa shape index (κ2) is 3.48. The van der Waals surface area contributed by atoms with Crippen LogP contribution in [0.4, 0.5) is 0 Å². The van der Waals surface area contributed by atoms with Crippen LogP contribution in [0.3, 0.4) is 0 Å². The summed E-state index contributed by atoms with van der Waals surface area (Å²) in [6.07, 6.45) is 3.07. The molecule has 0 heterocycles. The van der Waals surface area contributed by atoms with Crippen molar-refractivity contribution < 1.29 is 9.59 Å². The largest absolute Gasteiger partial charge is 0.294 e. The van der Waals surface area contributed by atoms with Gasteiger partial charge in [0.15, 0.2) is 11.6 Å². The topological polar surface area (TPSA) is 34.1 Å². The maximum absolute atomic E-state index is 11.2. The van der Waals surface area contributed by atoms with Gasteiger partial charge in [0, 0.05) is 12.8 Å². The van der Waals surface area contributed by atoms with Crippen LogP contribution in [0.2, 0.25) is 0 Å². The van der Waals surface area contributed by atoms with Crippen LogP contribution in [0, 0.1) is 0 Å². The summed E-state index contributed by atoms with van der Waals surface area (Å²) in [6, 6.07) is 0. The summed E-state index contributed by atoms with van der Waals surface area (Å²) in [5, 5.41) is 0. The number of carbonyl (C=O) groups is 2. The van der Waals surface area contributed by atoms with Crippen LogP contribution >= 0.6 is 0 Å². The summed E-state index contributed by atoms with van der Waals surface area (Å²) in [6.45, 7) is 5.50. The van der Waals surface area contributed by atoms with Gasteiger partial charge in [-0.1, -0.05) is 19.6 Å². The van der Waals surface area contributed by atoms with E-state index < -0.39 is 0 Å². The zero-order valence-electron chi connectivity index (χ0n) is 7.22. The van der Waals surface area contributed by atoms with E-state index in [0.29, 0.717) is 24.8 Å². The molecular formula is C10H12O2. The van der Waals surface area contributed by atoms with Gasteiger partial charge in [-0.3, -0.25) is 9.59 Å². The van der Waals surface area contributed by atoms with Crippen molar-refractivity contribution in [3.63, 3.8) is 0 Å². The summed E-state index contributed by atoms with van der Waals surface area (Å²) in [7, 11) is 0. The number of ketones is 2. The fourth-order valence-corrected chi connectivity index (χ4v) is 1.41. The molecule has 0 atom stereocenters. The van der Waals surface area contributed by atoms with Crippen LogP contribution in [0.25, 0.3) is 0 Å². The molecule has 0 bridgehead atoms. The number of carbonyl (C=O) groups excluding carboxylic acids is 2. The molecule has 0 aliphatic heterocycles. The Kier molecular flexibility index (Phi) is 2.58. The fourth-order valence-electron chi connectivity index (χ4n) is 1.41. The van der Waals surface area contributed by atoms with E-state index in [1.54, 1.807) is 6.08 Å². The van der Waals surface area contributed by atoms with Gasteiger partial charge < -0.3 is 0 Å². The van der Waals surface area contributed by atoms with Gasteiger partial charge in [0.1, 0.15) is 0 Å². The molecule has 0 N–H and O–H groups in total. The molecule has 1 aliphatic rings. The lowest BCUT2D eigenvalue weighted by atomic mass is 10.0. The Labute approximate surface area is 72.0 Å². The molecule has 0 aromatic heterocycles. The lowest BCUT2D eigenvalue weighted by Crippen LogP contribution is -2.02. The molecule has 2 nitrogen and oxygen atoms in total. The first-order chi connectivity index (χ1) is 5.70. The van der Waals surface area contributed by atoms with E-state index in [1.165, 1.54) is 0 Å². The molecule has 2 heteroatoms. The molecule has 0 unspecified atom stereocenters. The van der Waals surface area contributed by atoms with E-state index in [9.17, 15) is 9.59 Å². The molecule has 12 heavy (non-hydrogen) atoms. The van der Waals surface area contributed by atoms with Crippen LogP contribution in [-0.4, -0.2) is 11.6 Å². The number of Topliss-reactive ketones (excluding diaryl/α,β-unsaturated/α-hetero) is 2. The number of allylic oxidation sites excluding steroid dienone is 3. The average molecular weight is 164 g/mol. The molecule has 64 valence electrons. The molecule has 1 fully saturated rings.